The molecule has 1 aromatic carbocycles. The van der Waals surface area contributed by atoms with E-state index in [-0.39, 0.29) is 5.91 Å². The van der Waals surface area contributed by atoms with Gasteiger partial charge in [-0.1, -0.05) is 36.4 Å². The van der Waals surface area contributed by atoms with Crippen molar-refractivity contribution < 1.29 is 4.79 Å². The number of nitrogens with zero attached hydrogens (tertiary/aromatic N) is 3. The maximum absolute atomic E-state index is 13.1. The van der Waals surface area contributed by atoms with E-state index >= 15 is 0 Å². The Morgan fingerprint density at radius 3 is 2.74 bits per heavy atom. The molecule has 7 heteroatoms. The first kappa shape index (κ1) is 17.6. The van der Waals surface area contributed by atoms with Gasteiger partial charge in [0.1, 0.15) is 5.54 Å². The molecule has 3 aromatic rings. The van der Waals surface area contributed by atoms with Crippen molar-refractivity contribution in [3.05, 3.63) is 65.4 Å². The number of hydrogen-bond donors (Lipinski definition) is 2. The van der Waals surface area contributed by atoms with Crippen molar-refractivity contribution in [2.45, 2.75) is 18.4 Å². The Hall–Kier alpha value is -2.77. The van der Waals surface area contributed by atoms with Crippen molar-refractivity contribution in [2.75, 3.05) is 18.4 Å². The van der Waals surface area contributed by atoms with E-state index in [4.69, 9.17) is 0 Å². The first-order valence-electron chi connectivity index (χ1n) is 8.97. The quantitative estimate of drug-likeness (QED) is 0.714. The van der Waals surface area contributed by atoms with Gasteiger partial charge in [-0.05, 0) is 43.6 Å². The number of rotatable bonds is 5. The molecule has 2 N–H and O–H groups in total. The van der Waals surface area contributed by atoms with Gasteiger partial charge in [0.05, 0.1) is 5.69 Å². The summed E-state index contributed by atoms with van der Waals surface area (Å²) in [5.41, 5.74) is 1.28. The van der Waals surface area contributed by atoms with E-state index in [2.05, 4.69) is 20.7 Å². The largest absolute Gasteiger partial charge is 0.317 e. The van der Waals surface area contributed by atoms with Gasteiger partial charge in [-0.3, -0.25) is 14.8 Å². The predicted octanol–water partition coefficient (Wildman–Crippen LogP) is 3.23. The van der Waals surface area contributed by atoms with Crippen molar-refractivity contribution in [3.8, 4) is 0 Å². The Labute approximate surface area is 161 Å². The van der Waals surface area contributed by atoms with Crippen LogP contribution in [0.5, 0.6) is 0 Å². The third-order valence-corrected chi connectivity index (χ3v) is 5.56. The lowest BCUT2D eigenvalue weighted by Crippen LogP contribution is -2.52. The molecule has 1 aliphatic heterocycles. The summed E-state index contributed by atoms with van der Waals surface area (Å²) in [4.78, 5) is 17.7. The minimum atomic E-state index is -0.666. The Kier molecular flexibility index (Phi) is 5.13. The number of piperidine rings is 1. The summed E-state index contributed by atoms with van der Waals surface area (Å²) in [6, 6.07) is 11.9. The molecule has 1 aliphatic rings. The van der Waals surface area contributed by atoms with Gasteiger partial charge in [0.15, 0.2) is 5.13 Å². The van der Waals surface area contributed by atoms with Gasteiger partial charge in [0.25, 0.3) is 5.91 Å². The van der Waals surface area contributed by atoms with E-state index < -0.39 is 5.54 Å². The molecule has 0 radical (unpaired) electrons. The Morgan fingerprint density at radius 1 is 1.19 bits per heavy atom. The third kappa shape index (κ3) is 3.84. The van der Waals surface area contributed by atoms with Crippen LogP contribution in [0.25, 0.3) is 12.2 Å². The van der Waals surface area contributed by atoms with E-state index in [1.54, 1.807) is 10.9 Å². The fraction of sp³-hybridized carbons (Fsp3) is 0.250. The molecule has 0 spiro atoms. The van der Waals surface area contributed by atoms with Crippen LogP contribution in [0.3, 0.4) is 0 Å². The zero-order chi connectivity index (χ0) is 18.5. The number of hydrogen-bond acceptors (Lipinski definition) is 5. The lowest BCUT2D eigenvalue weighted by molar-refractivity contribution is -0.126. The van der Waals surface area contributed by atoms with E-state index in [0.717, 1.165) is 24.3 Å². The summed E-state index contributed by atoms with van der Waals surface area (Å²) in [6.45, 7) is 1.58. The molecular formula is C20H21N5OS. The molecule has 27 heavy (non-hydrogen) atoms. The van der Waals surface area contributed by atoms with Crippen LogP contribution in [0.2, 0.25) is 0 Å². The smallest absolute Gasteiger partial charge is 0.254 e. The van der Waals surface area contributed by atoms with Gasteiger partial charge in [-0.25, -0.2) is 4.98 Å². The second kappa shape index (κ2) is 7.85. The molecule has 138 valence electrons. The number of thiazole rings is 1. The molecule has 0 aliphatic carbocycles. The van der Waals surface area contributed by atoms with Crippen LogP contribution in [0.1, 0.15) is 24.1 Å². The van der Waals surface area contributed by atoms with Crippen LogP contribution in [-0.4, -0.2) is 33.8 Å². The van der Waals surface area contributed by atoms with Crippen LogP contribution >= 0.6 is 11.3 Å². The van der Waals surface area contributed by atoms with Gasteiger partial charge in [-0.2, -0.15) is 5.10 Å². The summed E-state index contributed by atoms with van der Waals surface area (Å²) in [5.74, 6) is -0.0550. The van der Waals surface area contributed by atoms with E-state index in [1.165, 1.54) is 11.3 Å². The van der Waals surface area contributed by atoms with Crippen molar-refractivity contribution in [1.82, 2.24) is 20.1 Å². The van der Waals surface area contributed by atoms with Crippen LogP contribution in [0.15, 0.2) is 54.2 Å². The minimum absolute atomic E-state index is 0.0550. The molecule has 6 nitrogen and oxygen atoms in total. The van der Waals surface area contributed by atoms with E-state index in [1.807, 2.05) is 60.1 Å². The Morgan fingerprint density at radius 2 is 2.00 bits per heavy atom. The van der Waals surface area contributed by atoms with Crippen LogP contribution in [-0.2, 0) is 10.3 Å². The van der Waals surface area contributed by atoms with Crippen LogP contribution in [0.4, 0.5) is 5.13 Å². The number of benzene rings is 1. The zero-order valence-electron chi connectivity index (χ0n) is 14.8. The summed E-state index contributed by atoms with van der Waals surface area (Å²) in [7, 11) is 0. The molecule has 1 fully saturated rings. The maximum Gasteiger partial charge on any atom is 0.254 e. The predicted molar refractivity (Wildman–Crippen MR) is 108 cm³/mol. The maximum atomic E-state index is 13.1. The molecule has 2 aromatic heterocycles. The first-order chi connectivity index (χ1) is 13.3. The number of aromatic nitrogens is 3. The van der Waals surface area contributed by atoms with Gasteiger partial charge >= 0.3 is 0 Å². The third-order valence-electron chi connectivity index (χ3n) is 4.78. The van der Waals surface area contributed by atoms with Gasteiger partial charge in [0, 0.05) is 17.8 Å². The zero-order valence-corrected chi connectivity index (χ0v) is 15.7. The lowest BCUT2D eigenvalue weighted by Gasteiger charge is -2.36. The van der Waals surface area contributed by atoms with Crippen molar-refractivity contribution in [1.29, 1.82) is 0 Å². The molecule has 1 amide bonds. The van der Waals surface area contributed by atoms with Crippen LogP contribution in [0, 0.1) is 0 Å². The molecular weight excluding hydrogens is 358 g/mol. The first-order valence-corrected chi connectivity index (χ1v) is 9.85. The highest BCUT2D eigenvalue weighted by Gasteiger charge is 2.42. The second-order valence-electron chi connectivity index (χ2n) is 6.51. The molecule has 0 atom stereocenters. The van der Waals surface area contributed by atoms with E-state index in [0.29, 0.717) is 18.0 Å². The molecule has 4 rings (SSSR count). The van der Waals surface area contributed by atoms with Crippen LogP contribution < -0.4 is 10.6 Å². The lowest BCUT2D eigenvalue weighted by atomic mass is 9.87. The number of carbonyl (C=O) groups is 1. The molecule has 0 saturated carbocycles. The number of amides is 1. The Bertz CT molecular complexity index is 911. The van der Waals surface area contributed by atoms with Gasteiger partial charge < -0.3 is 5.32 Å². The second-order valence-corrected chi connectivity index (χ2v) is 7.37. The standard InChI is InChI=1S/C20H21N5OS/c26-18(20(9-12-21-13-10-20)25-14-4-11-22-25)24-19-23-17(15-27-19)8-7-16-5-2-1-3-6-16/h1-8,11,14-15,21H,9-10,12-13H2,(H,23,24,26)/b8-7+. The summed E-state index contributed by atoms with van der Waals surface area (Å²) in [6.07, 6.45) is 8.95. The number of anilines is 1. The van der Waals surface area contributed by atoms with Crippen molar-refractivity contribution in [2.24, 2.45) is 0 Å². The molecule has 1 saturated heterocycles. The highest BCUT2D eigenvalue weighted by atomic mass is 32.1. The highest BCUT2D eigenvalue weighted by Crippen LogP contribution is 2.29. The number of nitrogens with one attached hydrogen (secondary N) is 2. The molecule has 0 unspecified atom stereocenters. The normalized spacial score (nSPS) is 16.4. The fourth-order valence-electron chi connectivity index (χ4n) is 3.30. The summed E-state index contributed by atoms with van der Waals surface area (Å²) < 4.78 is 1.78. The Balaban J connectivity index is 1.49. The van der Waals surface area contributed by atoms with Gasteiger partial charge in [-0.15, -0.1) is 11.3 Å². The van der Waals surface area contributed by atoms with Gasteiger partial charge in [0.2, 0.25) is 0 Å². The summed E-state index contributed by atoms with van der Waals surface area (Å²) >= 11 is 1.43. The average Bonchev–Trinajstić information content (AvgIpc) is 3.40. The number of carbonyl (C=O) groups excluding carboxylic acids is 1. The fourth-order valence-corrected chi connectivity index (χ4v) is 3.98. The molecule has 3 heterocycles. The SMILES string of the molecule is O=C(Nc1nc(/C=C/c2ccccc2)cs1)C1(n2cccn2)CCNCC1. The van der Waals surface area contributed by atoms with Crippen molar-refractivity contribution >= 4 is 34.5 Å². The monoisotopic (exact) mass is 379 g/mol. The topological polar surface area (TPSA) is 71.8 Å². The summed E-state index contributed by atoms with van der Waals surface area (Å²) in [5, 5.41) is 13.2. The average molecular weight is 379 g/mol. The minimum Gasteiger partial charge on any atom is -0.317 e. The van der Waals surface area contributed by atoms with Crippen molar-refractivity contribution in [3.63, 3.8) is 0 Å². The highest BCUT2D eigenvalue weighted by molar-refractivity contribution is 7.14. The van der Waals surface area contributed by atoms with E-state index in [9.17, 15) is 4.79 Å². The molecule has 0 bridgehead atoms.